The monoisotopic (exact) mass is 360 g/mol. The maximum atomic E-state index is 12.7. The Kier molecular flexibility index (Phi) is 4.64. The number of nitriles is 1. The zero-order chi connectivity index (χ0) is 18.6. The predicted octanol–water partition coefficient (Wildman–Crippen LogP) is 2.75. The number of carbonyl (C=O) groups is 1. The van der Waals surface area contributed by atoms with E-state index >= 15 is 0 Å². The summed E-state index contributed by atoms with van der Waals surface area (Å²) in [5.74, 6) is 0.737. The van der Waals surface area contributed by atoms with Gasteiger partial charge in [-0.2, -0.15) is 10.2 Å². The number of nitrogens with zero attached hydrogens (tertiary/aromatic N) is 4. The lowest BCUT2D eigenvalue weighted by Crippen LogP contribution is -2.40. The minimum absolute atomic E-state index is 0.0315. The summed E-state index contributed by atoms with van der Waals surface area (Å²) < 4.78 is 10.6. The van der Waals surface area contributed by atoms with Gasteiger partial charge in [0.1, 0.15) is 0 Å². The van der Waals surface area contributed by atoms with E-state index in [1.165, 1.54) is 0 Å². The molecule has 27 heavy (non-hydrogen) atoms. The van der Waals surface area contributed by atoms with Crippen LogP contribution in [0.4, 0.5) is 0 Å². The quantitative estimate of drug-likeness (QED) is 0.713. The molecule has 1 aliphatic heterocycles. The number of benzene rings is 2. The molecule has 0 atom stereocenters. The van der Waals surface area contributed by atoms with Gasteiger partial charge in [-0.1, -0.05) is 17.3 Å². The number of hydrogen-bond acceptors (Lipinski definition) is 6. The molecule has 1 amide bonds. The number of morpholine rings is 1. The van der Waals surface area contributed by atoms with Crippen LogP contribution in [0.1, 0.15) is 15.9 Å². The minimum Gasteiger partial charge on any atom is -0.378 e. The van der Waals surface area contributed by atoms with Crippen molar-refractivity contribution in [1.82, 2.24) is 15.0 Å². The van der Waals surface area contributed by atoms with E-state index in [-0.39, 0.29) is 5.91 Å². The molecule has 1 aromatic heterocycles. The number of aromatic nitrogens is 2. The highest BCUT2D eigenvalue weighted by Crippen LogP contribution is 2.23. The number of ether oxygens (including phenoxy) is 1. The normalized spacial score (nSPS) is 14.0. The molecule has 1 fully saturated rings. The third-order valence-electron chi connectivity index (χ3n) is 4.35. The van der Waals surface area contributed by atoms with Gasteiger partial charge in [-0.15, -0.1) is 0 Å². The fraction of sp³-hybridized carbons (Fsp3) is 0.200. The lowest BCUT2D eigenvalue weighted by atomic mass is 10.1. The van der Waals surface area contributed by atoms with Crippen molar-refractivity contribution in [3.8, 4) is 28.9 Å². The number of rotatable bonds is 3. The van der Waals surface area contributed by atoms with Crippen LogP contribution in [-0.2, 0) is 4.74 Å². The first kappa shape index (κ1) is 16.9. The Morgan fingerprint density at radius 1 is 1.07 bits per heavy atom. The highest BCUT2D eigenvalue weighted by atomic mass is 16.5. The van der Waals surface area contributed by atoms with Crippen molar-refractivity contribution in [3.63, 3.8) is 0 Å². The highest BCUT2D eigenvalue weighted by Gasteiger charge is 2.19. The molecule has 0 spiro atoms. The van der Waals surface area contributed by atoms with Crippen molar-refractivity contribution < 1.29 is 14.1 Å². The van der Waals surface area contributed by atoms with Gasteiger partial charge < -0.3 is 14.2 Å². The molecule has 0 saturated carbocycles. The van der Waals surface area contributed by atoms with Crippen molar-refractivity contribution in [2.75, 3.05) is 26.3 Å². The SMILES string of the molecule is N#Cc1ccc(-c2nc(-c3cccc(C(=O)N4CCOCC4)c3)no2)cc1. The van der Waals surface area contributed by atoms with E-state index in [1.807, 2.05) is 6.07 Å². The second-order valence-corrected chi connectivity index (χ2v) is 6.10. The zero-order valence-corrected chi connectivity index (χ0v) is 14.5. The number of carbonyl (C=O) groups excluding carboxylic acids is 1. The van der Waals surface area contributed by atoms with E-state index in [0.29, 0.717) is 54.7 Å². The Morgan fingerprint density at radius 2 is 1.85 bits per heavy atom. The summed E-state index contributed by atoms with van der Waals surface area (Å²) in [5, 5.41) is 12.9. The van der Waals surface area contributed by atoms with E-state index in [2.05, 4.69) is 16.2 Å². The van der Waals surface area contributed by atoms with Gasteiger partial charge in [0.05, 0.1) is 24.8 Å². The molecule has 0 unspecified atom stereocenters. The molecule has 3 aromatic rings. The van der Waals surface area contributed by atoms with Gasteiger partial charge in [0.15, 0.2) is 0 Å². The minimum atomic E-state index is -0.0315. The van der Waals surface area contributed by atoms with Gasteiger partial charge in [0.2, 0.25) is 5.82 Å². The Labute approximate surface area is 155 Å². The summed E-state index contributed by atoms with van der Waals surface area (Å²) in [4.78, 5) is 18.8. The van der Waals surface area contributed by atoms with Crippen molar-refractivity contribution in [1.29, 1.82) is 5.26 Å². The van der Waals surface area contributed by atoms with Gasteiger partial charge in [0, 0.05) is 29.8 Å². The van der Waals surface area contributed by atoms with Crippen LogP contribution in [-0.4, -0.2) is 47.3 Å². The van der Waals surface area contributed by atoms with E-state index in [9.17, 15) is 4.79 Å². The molecule has 1 aliphatic rings. The first-order chi connectivity index (χ1) is 13.2. The Hall–Kier alpha value is -3.50. The van der Waals surface area contributed by atoms with Crippen molar-refractivity contribution in [2.45, 2.75) is 0 Å². The number of hydrogen-bond donors (Lipinski definition) is 0. The van der Waals surface area contributed by atoms with E-state index < -0.39 is 0 Å². The molecule has 0 N–H and O–H groups in total. The fourth-order valence-corrected chi connectivity index (χ4v) is 2.89. The van der Waals surface area contributed by atoms with E-state index in [0.717, 1.165) is 5.56 Å². The second-order valence-electron chi connectivity index (χ2n) is 6.10. The van der Waals surface area contributed by atoms with E-state index in [4.69, 9.17) is 14.5 Å². The lowest BCUT2D eigenvalue weighted by Gasteiger charge is -2.26. The van der Waals surface area contributed by atoms with Gasteiger partial charge in [-0.05, 0) is 36.4 Å². The summed E-state index contributed by atoms with van der Waals surface area (Å²) in [6.45, 7) is 2.30. The summed E-state index contributed by atoms with van der Waals surface area (Å²) in [6, 6.07) is 16.2. The molecule has 4 rings (SSSR count). The van der Waals surface area contributed by atoms with Gasteiger partial charge >= 0.3 is 0 Å². The van der Waals surface area contributed by atoms with Crippen LogP contribution in [0.15, 0.2) is 53.1 Å². The maximum Gasteiger partial charge on any atom is 0.258 e. The van der Waals surface area contributed by atoms with Crippen LogP contribution >= 0.6 is 0 Å². The molecule has 0 bridgehead atoms. The number of amides is 1. The largest absolute Gasteiger partial charge is 0.378 e. The summed E-state index contributed by atoms with van der Waals surface area (Å²) in [6.07, 6.45) is 0. The predicted molar refractivity (Wildman–Crippen MR) is 96.6 cm³/mol. The molecule has 0 aliphatic carbocycles. The van der Waals surface area contributed by atoms with Crippen LogP contribution < -0.4 is 0 Å². The molecule has 0 radical (unpaired) electrons. The second kappa shape index (κ2) is 7.40. The van der Waals surface area contributed by atoms with Crippen LogP contribution in [0.25, 0.3) is 22.8 Å². The molecule has 2 aromatic carbocycles. The topological polar surface area (TPSA) is 92.2 Å². The van der Waals surface area contributed by atoms with Crippen molar-refractivity contribution >= 4 is 5.91 Å². The third-order valence-corrected chi connectivity index (χ3v) is 4.35. The van der Waals surface area contributed by atoms with Gasteiger partial charge in [0.25, 0.3) is 11.8 Å². The van der Waals surface area contributed by atoms with Crippen LogP contribution in [0, 0.1) is 11.3 Å². The molecule has 7 heteroatoms. The first-order valence-electron chi connectivity index (χ1n) is 8.56. The standard InChI is InChI=1S/C20H16N4O3/c21-13-14-4-6-15(7-5-14)19-22-18(23-27-19)16-2-1-3-17(12-16)20(25)24-8-10-26-11-9-24/h1-7,12H,8-11H2. The molecule has 2 heterocycles. The molecule has 1 saturated heterocycles. The molecule has 7 nitrogen and oxygen atoms in total. The smallest absolute Gasteiger partial charge is 0.258 e. The van der Waals surface area contributed by atoms with Crippen molar-refractivity contribution in [2.24, 2.45) is 0 Å². The average Bonchev–Trinajstić information content (AvgIpc) is 3.24. The van der Waals surface area contributed by atoms with Gasteiger partial charge in [-0.25, -0.2) is 0 Å². The lowest BCUT2D eigenvalue weighted by molar-refractivity contribution is 0.0303. The maximum absolute atomic E-state index is 12.7. The summed E-state index contributed by atoms with van der Waals surface area (Å²) in [5.41, 5.74) is 2.58. The summed E-state index contributed by atoms with van der Waals surface area (Å²) in [7, 11) is 0. The Balaban J connectivity index is 1.58. The van der Waals surface area contributed by atoms with E-state index in [1.54, 1.807) is 47.4 Å². The molecular formula is C20H16N4O3. The van der Waals surface area contributed by atoms with Crippen LogP contribution in [0.5, 0.6) is 0 Å². The third kappa shape index (κ3) is 3.57. The summed E-state index contributed by atoms with van der Waals surface area (Å²) >= 11 is 0. The highest BCUT2D eigenvalue weighted by molar-refractivity contribution is 5.95. The Morgan fingerprint density at radius 3 is 2.59 bits per heavy atom. The van der Waals surface area contributed by atoms with Gasteiger partial charge in [-0.3, -0.25) is 4.79 Å². The zero-order valence-electron chi connectivity index (χ0n) is 14.5. The van der Waals surface area contributed by atoms with Crippen molar-refractivity contribution in [3.05, 3.63) is 59.7 Å². The average molecular weight is 360 g/mol. The van der Waals surface area contributed by atoms with Crippen LogP contribution in [0.2, 0.25) is 0 Å². The molecule has 134 valence electrons. The van der Waals surface area contributed by atoms with Crippen LogP contribution in [0.3, 0.4) is 0 Å². The Bertz CT molecular complexity index is 999. The first-order valence-corrected chi connectivity index (χ1v) is 8.56. The fourth-order valence-electron chi connectivity index (χ4n) is 2.89. The molecular weight excluding hydrogens is 344 g/mol.